The number of hydrogen-bond acceptors (Lipinski definition) is 3. The maximum Gasteiger partial charge on any atom is 0.241 e. The number of carbonyl (C=O) groups is 1. The summed E-state index contributed by atoms with van der Waals surface area (Å²) in [5.41, 5.74) is 3.11. The highest BCUT2D eigenvalue weighted by Gasteiger charge is 2.08. The Balaban J connectivity index is 0.00000162. The molecule has 2 aromatic rings. The van der Waals surface area contributed by atoms with Crippen LogP contribution in [0.4, 0.5) is 5.13 Å². The molecule has 1 N–H and O–H groups in total. The Bertz CT molecular complexity index is 542. The first-order valence-corrected chi connectivity index (χ1v) is 6.49. The molecule has 1 aromatic carbocycles. The fourth-order valence-electron chi connectivity index (χ4n) is 1.47. The predicted octanol–water partition coefficient (Wildman–Crippen LogP) is 3.72. The molecule has 1 aromatic heterocycles. The number of hydrogen-bond donors (Lipinski definition) is 1. The highest BCUT2D eigenvalue weighted by Crippen LogP contribution is 2.27. The Morgan fingerprint density at radius 3 is 2.83 bits per heavy atom. The smallest absolute Gasteiger partial charge is 0.241 e. The van der Waals surface area contributed by atoms with E-state index in [0.717, 1.165) is 16.8 Å². The summed E-state index contributed by atoms with van der Waals surface area (Å²) in [6.45, 7) is 2.03. The van der Waals surface area contributed by atoms with E-state index in [-0.39, 0.29) is 24.2 Å². The molecule has 0 unspecified atom stereocenters. The second-order valence-electron chi connectivity index (χ2n) is 3.53. The highest BCUT2D eigenvalue weighted by molar-refractivity contribution is 7.14. The Labute approximate surface area is 121 Å². The first-order chi connectivity index (χ1) is 8.20. The summed E-state index contributed by atoms with van der Waals surface area (Å²) in [6.07, 6.45) is 0. The molecule has 96 valence electrons. The molecule has 6 heteroatoms. The van der Waals surface area contributed by atoms with E-state index < -0.39 is 0 Å². The van der Waals surface area contributed by atoms with Crippen LogP contribution in [-0.2, 0) is 4.79 Å². The van der Waals surface area contributed by atoms with Crippen LogP contribution in [0.5, 0.6) is 0 Å². The number of carbonyl (C=O) groups excluding carboxylic acids is 1. The Morgan fingerprint density at radius 2 is 2.17 bits per heavy atom. The van der Waals surface area contributed by atoms with E-state index in [0.29, 0.717) is 5.13 Å². The zero-order valence-electron chi connectivity index (χ0n) is 9.64. The molecule has 1 heterocycles. The van der Waals surface area contributed by atoms with Crippen LogP contribution in [0, 0.1) is 6.92 Å². The van der Waals surface area contributed by atoms with Gasteiger partial charge in [-0.1, -0.05) is 24.3 Å². The van der Waals surface area contributed by atoms with Crippen LogP contribution in [-0.4, -0.2) is 16.8 Å². The Kier molecular flexibility index (Phi) is 5.59. The lowest BCUT2D eigenvalue weighted by Crippen LogP contribution is -2.12. The van der Waals surface area contributed by atoms with Gasteiger partial charge in [0.15, 0.2) is 5.13 Å². The Hall–Kier alpha value is -1.10. The lowest BCUT2D eigenvalue weighted by Gasteiger charge is -2.01. The van der Waals surface area contributed by atoms with Gasteiger partial charge >= 0.3 is 0 Å². The van der Waals surface area contributed by atoms with E-state index in [1.807, 2.05) is 36.6 Å². The van der Waals surface area contributed by atoms with Crippen LogP contribution in [0.2, 0.25) is 0 Å². The van der Waals surface area contributed by atoms with Crippen molar-refractivity contribution in [2.24, 2.45) is 0 Å². The van der Waals surface area contributed by atoms with Crippen molar-refractivity contribution in [2.75, 3.05) is 11.2 Å². The minimum atomic E-state index is -0.239. The summed E-state index contributed by atoms with van der Waals surface area (Å²) < 4.78 is 0. The van der Waals surface area contributed by atoms with Crippen LogP contribution in [0.3, 0.4) is 0 Å². The molecule has 0 aliphatic rings. The van der Waals surface area contributed by atoms with E-state index in [4.69, 9.17) is 11.6 Å². The van der Waals surface area contributed by atoms with Crippen LogP contribution in [0.15, 0.2) is 29.6 Å². The molecule has 18 heavy (non-hydrogen) atoms. The Morgan fingerprint density at radius 1 is 1.44 bits per heavy atom. The van der Waals surface area contributed by atoms with E-state index >= 15 is 0 Å². The number of nitrogens with one attached hydrogen (secondary N) is 1. The minimum absolute atomic E-state index is 0. The lowest BCUT2D eigenvalue weighted by molar-refractivity contribution is -0.113. The molecule has 0 radical (unpaired) electrons. The predicted molar refractivity (Wildman–Crippen MR) is 78.9 cm³/mol. The van der Waals surface area contributed by atoms with Crippen LogP contribution >= 0.6 is 35.3 Å². The van der Waals surface area contributed by atoms with Crippen LogP contribution in [0.1, 0.15) is 5.56 Å². The molecule has 0 atom stereocenters. The van der Waals surface area contributed by atoms with Gasteiger partial charge in [-0.25, -0.2) is 4.98 Å². The average Bonchev–Trinajstić information content (AvgIpc) is 2.78. The second kappa shape index (κ2) is 6.73. The number of thiazole rings is 1. The molecule has 0 aliphatic heterocycles. The number of rotatable bonds is 3. The van der Waals surface area contributed by atoms with Crippen LogP contribution < -0.4 is 5.32 Å². The number of halogens is 2. The SMILES string of the molecule is Cc1ccccc1-c1csc(NC(=O)CCl)n1.Cl. The minimum Gasteiger partial charge on any atom is -0.301 e. The molecular formula is C12H12Cl2N2OS. The third kappa shape index (κ3) is 3.45. The van der Waals surface area contributed by atoms with Crippen molar-refractivity contribution in [3.8, 4) is 11.3 Å². The molecule has 0 bridgehead atoms. The van der Waals surface area contributed by atoms with Gasteiger partial charge in [-0.3, -0.25) is 4.79 Å². The maximum atomic E-state index is 11.1. The molecular weight excluding hydrogens is 291 g/mol. The first kappa shape index (κ1) is 15.0. The number of alkyl halides is 1. The maximum absolute atomic E-state index is 11.1. The van der Waals surface area contributed by atoms with Gasteiger partial charge < -0.3 is 5.32 Å². The van der Waals surface area contributed by atoms with Gasteiger partial charge in [0.05, 0.1) is 5.69 Å². The molecule has 0 saturated heterocycles. The number of aryl methyl sites for hydroxylation is 1. The molecule has 3 nitrogen and oxygen atoms in total. The van der Waals surface area contributed by atoms with E-state index in [9.17, 15) is 4.79 Å². The van der Waals surface area contributed by atoms with E-state index in [2.05, 4.69) is 10.3 Å². The fourth-order valence-corrected chi connectivity index (χ4v) is 2.26. The average molecular weight is 303 g/mol. The van der Waals surface area contributed by atoms with Crippen molar-refractivity contribution in [1.29, 1.82) is 0 Å². The van der Waals surface area contributed by atoms with Crippen molar-refractivity contribution in [3.63, 3.8) is 0 Å². The molecule has 2 rings (SSSR count). The van der Waals surface area contributed by atoms with Crippen LogP contribution in [0.25, 0.3) is 11.3 Å². The number of benzene rings is 1. The largest absolute Gasteiger partial charge is 0.301 e. The monoisotopic (exact) mass is 302 g/mol. The summed E-state index contributed by atoms with van der Waals surface area (Å²) in [5, 5.41) is 5.14. The van der Waals surface area contributed by atoms with E-state index in [1.54, 1.807) is 0 Å². The molecule has 0 aliphatic carbocycles. The number of nitrogens with zero attached hydrogens (tertiary/aromatic N) is 1. The van der Waals surface area contributed by atoms with Gasteiger partial charge in [0.2, 0.25) is 5.91 Å². The standard InChI is InChI=1S/C12H11ClN2OS.ClH/c1-8-4-2-3-5-9(8)10-7-17-12(14-10)15-11(16)6-13;/h2-5,7H,6H2,1H3,(H,14,15,16);1H. The highest BCUT2D eigenvalue weighted by atomic mass is 35.5. The molecule has 0 saturated carbocycles. The van der Waals surface area contributed by atoms with E-state index in [1.165, 1.54) is 11.3 Å². The van der Waals surface area contributed by atoms with Gasteiger partial charge in [0.25, 0.3) is 0 Å². The number of anilines is 1. The van der Waals surface area contributed by atoms with Gasteiger partial charge in [0.1, 0.15) is 5.88 Å². The summed E-state index contributed by atoms with van der Waals surface area (Å²) in [4.78, 5) is 15.5. The fraction of sp³-hybridized carbons (Fsp3) is 0.167. The molecule has 1 amide bonds. The van der Waals surface area contributed by atoms with Gasteiger partial charge in [-0.05, 0) is 12.5 Å². The topological polar surface area (TPSA) is 42.0 Å². The second-order valence-corrected chi connectivity index (χ2v) is 4.66. The normalized spacial score (nSPS) is 9.67. The van der Waals surface area contributed by atoms with Crippen molar-refractivity contribution in [2.45, 2.75) is 6.92 Å². The third-order valence-electron chi connectivity index (χ3n) is 2.29. The molecule has 0 spiro atoms. The zero-order chi connectivity index (χ0) is 12.3. The first-order valence-electron chi connectivity index (χ1n) is 5.08. The van der Waals surface area contributed by atoms with Crippen molar-refractivity contribution in [3.05, 3.63) is 35.2 Å². The van der Waals surface area contributed by atoms with Crippen molar-refractivity contribution < 1.29 is 4.79 Å². The summed E-state index contributed by atoms with van der Waals surface area (Å²) in [6, 6.07) is 8.00. The number of amides is 1. The van der Waals surface area contributed by atoms with Crippen molar-refractivity contribution in [1.82, 2.24) is 4.98 Å². The summed E-state index contributed by atoms with van der Waals surface area (Å²) in [7, 11) is 0. The zero-order valence-corrected chi connectivity index (χ0v) is 12.0. The van der Waals surface area contributed by atoms with Crippen molar-refractivity contribution >= 4 is 46.4 Å². The summed E-state index contributed by atoms with van der Waals surface area (Å²) in [5.74, 6) is -0.295. The number of aromatic nitrogens is 1. The summed E-state index contributed by atoms with van der Waals surface area (Å²) >= 11 is 6.81. The molecule has 0 fully saturated rings. The lowest BCUT2D eigenvalue weighted by atomic mass is 10.1. The third-order valence-corrected chi connectivity index (χ3v) is 3.29. The van der Waals surface area contributed by atoms with Gasteiger partial charge in [-0.2, -0.15) is 0 Å². The van der Waals surface area contributed by atoms with Gasteiger partial charge in [-0.15, -0.1) is 35.3 Å². The quantitative estimate of drug-likeness (QED) is 0.878. The van der Waals surface area contributed by atoms with Gasteiger partial charge in [0, 0.05) is 10.9 Å².